The molecule has 0 radical (unpaired) electrons. The van der Waals surface area contributed by atoms with Crippen LogP contribution in [0.15, 0.2) is 36.4 Å². The molecule has 0 aliphatic carbocycles. The van der Waals surface area contributed by atoms with Crippen LogP contribution in [0.25, 0.3) is 0 Å². The molecule has 0 N–H and O–H groups in total. The summed E-state index contributed by atoms with van der Waals surface area (Å²) in [5.41, 5.74) is 0.477. The van der Waals surface area contributed by atoms with Crippen molar-refractivity contribution in [2.24, 2.45) is 0 Å². The fraction of sp³-hybridized carbons (Fsp3) is 0.133. The van der Waals surface area contributed by atoms with Gasteiger partial charge in [0.05, 0.1) is 20.6 Å². The van der Waals surface area contributed by atoms with Crippen molar-refractivity contribution in [2.75, 3.05) is 13.2 Å². The molecule has 3 nitrogen and oxygen atoms in total. The Morgan fingerprint density at radius 1 is 0.857 bits per heavy atom. The minimum atomic E-state index is 0.261. The molecule has 2 aromatic rings. The molecule has 0 aromatic heterocycles. The topological polar surface area (TPSA) is 42.2 Å². The molecule has 0 aliphatic rings. The summed E-state index contributed by atoms with van der Waals surface area (Å²) in [6.07, 6.45) is 0. The van der Waals surface area contributed by atoms with Crippen LogP contribution in [0.4, 0.5) is 0 Å². The van der Waals surface area contributed by atoms with E-state index in [2.05, 4.69) is 6.07 Å². The van der Waals surface area contributed by atoms with E-state index in [9.17, 15) is 0 Å². The Labute approximate surface area is 137 Å². The van der Waals surface area contributed by atoms with Crippen LogP contribution in [0.2, 0.25) is 15.1 Å². The van der Waals surface area contributed by atoms with Crippen molar-refractivity contribution >= 4 is 34.8 Å². The minimum absolute atomic E-state index is 0.261. The largest absolute Gasteiger partial charge is 0.489 e. The van der Waals surface area contributed by atoms with Crippen molar-refractivity contribution in [3.05, 3.63) is 57.0 Å². The van der Waals surface area contributed by atoms with Crippen molar-refractivity contribution in [2.45, 2.75) is 0 Å². The third-order valence-electron chi connectivity index (χ3n) is 2.58. The zero-order chi connectivity index (χ0) is 15.2. The summed E-state index contributed by atoms with van der Waals surface area (Å²) in [6.45, 7) is 0.534. The van der Waals surface area contributed by atoms with E-state index in [0.717, 1.165) is 0 Å². The highest BCUT2D eigenvalue weighted by atomic mass is 35.5. The molecule has 0 saturated heterocycles. The van der Waals surface area contributed by atoms with Crippen molar-refractivity contribution in [1.82, 2.24) is 0 Å². The molecular formula is C15H10Cl3NO2. The molecule has 0 spiro atoms. The SMILES string of the molecule is N#Cc1ccccc1OCCOc1cc(Cl)c(Cl)cc1Cl. The summed E-state index contributed by atoms with van der Waals surface area (Å²) in [5.74, 6) is 0.951. The lowest BCUT2D eigenvalue weighted by molar-refractivity contribution is 0.217. The minimum Gasteiger partial charge on any atom is -0.489 e. The van der Waals surface area contributed by atoms with Gasteiger partial charge in [-0.25, -0.2) is 0 Å². The molecule has 108 valence electrons. The Kier molecular flexibility index (Phi) is 5.58. The van der Waals surface area contributed by atoms with Gasteiger partial charge in [-0.1, -0.05) is 46.9 Å². The number of hydrogen-bond acceptors (Lipinski definition) is 3. The first-order chi connectivity index (χ1) is 10.1. The van der Waals surface area contributed by atoms with Crippen LogP contribution in [0.1, 0.15) is 5.56 Å². The second-order valence-corrected chi connectivity index (χ2v) is 5.22. The third kappa shape index (κ3) is 4.18. The number of nitriles is 1. The van der Waals surface area contributed by atoms with Crippen molar-refractivity contribution in [3.63, 3.8) is 0 Å². The molecule has 0 atom stereocenters. The molecular weight excluding hydrogens is 333 g/mol. The number of hydrogen-bond donors (Lipinski definition) is 0. The van der Waals surface area contributed by atoms with Crippen molar-refractivity contribution in [1.29, 1.82) is 5.26 Å². The summed E-state index contributed by atoms with van der Waals surface area (Å²) in [4.78, 5) is 0. The Morgan fingerprint density at radius 3 is 2.19 bits per heavy atom. The van der Waals surface area contributed by atoms with Gasteiger partial charge < -0.3 is 9.47 Å². The molecule has 0 heterocycles. The third-order valence-corrected chi connectivity index (χ3v) is 3.60. The Balaban J connectivity index is 1.91. The van der Waals surface area contributed by atoms with E-state index in [1.54, 1.807) is 30.3 Å². The molecule has 0 saturated carbocycles. The number of ether oxygens (including phenoxy) is 2. The molecule has 21 heavy (non-hydrogen) atoms. The van der Waals surface area contributed by atoms with E-state index in [1.807, 2.05) is 0 Å². The van der Waals surface area contributed by atoms with Crippen LogP contribution >= 0.6 is 34.8 Å². The summed E-state index contributed by atoms with van der Waals surface area (Å²) >= 11 is 17.7. The maximum absolute atomic E-state index is 8.94. The average molecular weight is 343 g/mol. The van der Waals surface area contributed by atoms with Gasteiger partial charge in [-0.2, -0.15) is 5.26 Å². The number of para-hydroxylation sites is 1. The lowest BCUT2D eigenvalue weighted by Gasteiger charge is -2.11. The van der Waals surface area contributed by atoms with E-state index in [1.165, 1.54) is 6.07 Å². The fourth-order valence-corrected chi connectivity index (χ4v) is 2.19. The number of benzene rings is 2. The summed E-state index contributed by atoms with van der Waals surface area (Å²) in [5, 5.41) is 10.1. The van der Waals surface area contributed by atoms with Crippen LogP contribution in [0.5, 0.6) is 11.5 Å². The first-order valence-electron chi connectivity index (χ1n) is 6.01. The van der Waals surface area contributed by atoms with Crippen molar-refractivity contribution < 1.29 is 9.47 Å². The zero-order valence-corrected chi connectivity index (χ0v) is 13.0. The highest BCUT2D eigenvalue weighted by molar-refractivity contribution is 6.43. The van der Waals surface area contributed by atoms with Gasteiger partial charge in [0.1, 0.15) is 30.8 Å². The highest BCUT2D eigenvalue weighted by Crippen LogP contribution is 2.33. The zero-order valence-electron chi connectivity index (χ0n) is 10.8. The van der Waals surface area contributed by atoms with Gasteiger partial charge in [0, 0.05) is 6.07 Å². The monoisotopic (exact) mass is 341 g/mol. The van der Waals surface area contributed by atoms with Gasteiger partial charge in [0.2, 0.25) is 0 Å². The number of rotatable bonds is 5. The van der Waals surface area contributed by atoms with Gasteiger partial charge in [-0.15, -0.1) is 0 Å². The average Bonchev–Trinajstić information content (AvgIpc) is 2.49. The van der Waals surface area contributed by atoms with Crippen LogP contribution in [0.3, 0.4) is 0 Å². The van der Waals surface area contributed by atoms with Crippen LogP contribution in [0, 0.1) is 11.3 Å². The Hall–Kier alpha value is -1.60. The lowest BCUT2D eigenvalue weighted by atomic mass is 10.2. The fourth-order valence-electron chi connectivity index (χ4n) is 1.60. The predicted octanol–water partition coefficient (Wildman–Crippen LogP) is 4.98. The van der Waals surface area contributed by atoms with Gasteiger partial charge in [-0.05, 0) is 18.2 Å². The molecule has 6 heteroatoms. The van der Waals surface area contributed by atoms with E-state index >= 15 is 0 Å². The molecule has 0 amide bonds. The molecule has 2 aromatic carbocycles. The van der Waals surface area contributed by atoms with Crippen LogP contribution in [-0.4, -0.2) is 13.2 Å². The van der Waals surface area contributed by atoms with Gasteiger partial charge in [0.25, 0.3) is 0 Å². The van der Waals surface area contributed by atoms with Crippen LogP contribution < -0.4 is 9.47 Å². The second-order valence-electron chi connectivity index (χ2n) is 4.00. The maximum atomic E-state index is 8.94. The van der Waals surface area contributed by atoms with E-state index < -0.39 is 0 Å². The number of nitrogens with zero attached hydrogens (tertiary/aromatic N) is 1. The van der Waals surface area contributed by atoms with Gasteiger partial charge in [0.15, 0.2) is 0 Å². The molecule has 0 unspecified atom stereocenters. The second kappa shape index (κ2) is 7.42. The summed E-state index contributed by atoms with van der Waals surface area (Å²) in [6, 6.07) is 12.1. The van der Waals surface area contributed by atoms with Gasteiger partial charge >= 0.3 is 0 Å². The molecule has 2 rings (SSSR count). The van der Waals surface area contributed by atoms with Crippen molar-refractivity contribution in [3.8, 4) is 17.6 Å². The normalized spacial score (nSPS) is 10.0. The molecule has 0 fully saturated rings. The highest BCUT2D eigenvalue weighted by Gasteiger charge is 2.07. The maximum Gasteiger partial charge on any atom is 0.139 e. The molecule has 0 bridgehead atoms. The quantitative estimate of drug-likeness (QED) is 0.568. The van der Waals surface area contributed by atoms with E-state index in [4.69, 9.17) is 49.5 Å². The molecule has 0 aliphatic heterocycles. The summed E-state index contributed by atoms with van der Waals surface area (Å²) in [7, 11) is 0. The smallest absolute Gasteiger partial charge is 0.139 e. The van der Waals surface area contributed by atoms with Crippen LogP contribution in [-0.2, 0) is 0 Å². The first-order valence-corrected chi connectivity index (χ1v) is 7.14. The Bertz CT molecular complexity index is 683. The standard InChI is InChI=1S/C15H10Cl3NO2/c16-11-7-13(18)15(8-12(11)17)21-6-5-20-14-4-2-1-3-10(14)9-19/h1-4,7-8H,5-6H2. The van der Waals surface area contributed by atoms with Gasteiger partial charge in [-0.3, -0.25) is 0 Å². The first kappa shape index (κ1) is 15.8. The van der Waals surface area contributed by atoms with E-state index in [-0.39, 0.29) is 13.2 Å². The number of halogens is 3. The lowest BCUT2D eigenvalue weighted by Crippen LogP contribution is -2.09. The summed E-state index contributed by atoms with van der Waals surface area (Å²) < 4.78 is 11.0. The predicted molar refractivity (Wildman–Crippen MR) is 83.6 cm³/mol. The Morgan fingerprint density at radius 2 is 1.48 bits per heavy atom. The van der Waals surface area contributed by atoms with E-state index in [0.29, 0.717) is 32.1 Å².